The summed E-state index contributed by atoms with van der Waals surface area (Å²) in [5, 5.41) is 3.17. The van der Waals surface area contributed by atoms with E-state index in [0.717, 1.165) is 11.3 Å². The van der Waals surface area contributed by atoms with Gasteiger partial charge in [0.15, 0.2) is 11.6 Å². The highest BCUT2D eigenvalue weighted by Gasteiger charge is 2.03. The molecule has 4 nitrogen and oxygen atoms in total. The fourth-order valence-electron chi connectivity index (χ4n) is 1.61. The Morgan fingerprint density at radius 3 is 2.63 bits per heavy atom. The minimum absolute atomic E-state index is 0.220. The zero-order chi connectivity index (χ0) is 13.7. The van der Waals surface area contributed by atoms with E-state index in [-0.39, 0.29) is 11.6 Å². The van der Waals surface area contributed by atoms with Gasteiger partial charge in [0.2, 0.25) is 5.88 Å². The highest BCUT2D eigenvalue weighted by atomic mass is 19.1. The van der Waals surface area contributed by atoms with E-state index < -0.39 is 0 Å². The average molecular weight is 262 g/mol. The van der Waals surface area contributed by atoms with Gasteiger partial charge in [-0.15, -0.1) is 0 Å². The average Bonchev–Trinajstić information content (AvgIpc) is 2.47. The minimum Gasteiger partial charge on any atom is -0.494 e. The molecule has 0 amide bonds. The molecule has 5 heteroatoms. The fraction of sp³-hybridized carbons (Fsp3) is 0.214. The van der Waals surface area contributed by atoms with Crippen molar-refractivity contribution in [1.82, 2.24) is 4.98 Å². The van der Waals surface area contributed by atoms with Crippen molar-refractivity contribution in [1.29, 1.82) is 0 Å². The van der Waals surface area contributed by atoms with Gasteiger partial charge < -0.3 is 14.8 Å². The number of ether oxygens (including phenoxy) is 2. The lowest BCUT2D eigenvalue weighted by Crippen LogP contribution is -2.01. The zero-order valence-electron chi connectivity index (χ0n) is 10.8. The normalized spacial score (nSPS) is 10.1. The van der Waals surface area contributed by atoms with E-state index in [9.17, 15) is 4.39 Å². The van der Waals surface area contributed by atoms with Crippen LogP contribution in [0, 0.1) is 5.82 Å². The third-order valence-corrected chi connectivity index (χ3v) is 2.65. The van der Waals surface area contributed by atoms with E-state index in [2.05, 4.69) is 10.3 Å². The van der Waals surface area contributed by atoms with Crippen LogP contribution in [0.5, 0.6) is 11.6 Å². The summed E-state index contributed by atoms with van der Waals surface area (Å²) in [5.41, 5.74) is 1.79. The number of benzene rings is 1. The molecule has 0 aliphatic carbocycles. The number of halogens is 1. The fourth-order valence-corrected chi connectivity index (χ4v) is 1.61. The molecular formula is C14H15FN2O2. The van der Waals surface area contributed by atoms with Crippen LogP contribution < -0.4 is 14.8 Å². The summed E-state index contributed by atoms with van der Waals surface area (Å²) in [4.78, 5) is 4.11. The van der Waals surface area contributed by atoms with Crippen LogP contribution in [0.3, 0.4) is 0 Å². The molecule has 0 saturated heterocycles. The van der Waals surface area contributed by atoms with Crippen molar-refractivity contribution < 1.29 is 13.9 Å². The number of anilines is 1. The van der Waals surface area contributed by atoms with Crippen molar-refractivity contribution in [3.8, 4) is 11.6 Å². The van der Waals surface area contributed by atoms with Crippen LogP contribution in [0.4, 0.5) is 10.1 Å². The van der Waals surface area contributed by atoms with Gasteiger partial charge in [-0.1, -0.05) is 6.07 Å². The monoisotopic (exact) mass is 262 g/mol. The second-order valence-electron chi connectivity index (χ2n) is 3.91. The van der Waals surface area contributed by atoms with Crippen molar-refractivity contribution in [2.75, 3.05) is 19.5 Å². The first-order chi connectivity index (χ1) is 9.22. The maximum Gasteiger partial charge on any atom is 0.212 e. The Morgan fingerprint density at radius 2 is 2.00 bits per heavy atom. The Labute approximate surface area is 111 Å². The number of nitrogens with zero attached hydrogens (tertiary/aromatic N) is 1. The lowest BCUT2D eigenvalue weighted by molar-refractivity contribution is 0.387. The van der Waals surface area contributed by atoms with Gasteiger partial charge >= 0.3 is 0 Å². The molecule has 2 rings (SSSR count). The standard InChI is InChI=1S/C14H15FN2O2/c1-18-13-7-11(4-5-12(13)15)16-8-10-3-6-14(19-2)17-9-10/h3-7,9,16H,8H2,1-2H3. The molecule has 0 spiro atoms. The molecule has 1 heterocycles. The molecule has 0 unspecified atom stereocenters. The first-order valence-electron chi connectivity index (χ1n) is 5.79. The number of aromatic nitrogens is 1. The van der Waals surface area contributed by atoms with E-state index in [0.29, 0.717) is 12.4 Å². The van der Waals surface area contributed by atoms with Gasteiger partial charge in [-0.2, -0.15) is 0 Å². The lowest BCUT2D eigenvalue weighted by Gasteiger charge is -2.09. The van der Waals surface area contributed by atoms with Crippen LogP contribution >= 0.6 is 0 Å². The molecule has 0 atom stereocenters. The van der Waals surface area contributed by atoms with Crippen molar-refractivity contribution in [2.45, 2.75) is 6.54 Å². The molecule has 1 aromatic carbocycles. The SMILES string of the molecule is COc1ccc(CNc2ccc(F)c(OC)c2)cn1. The first-order valence-corrected chi connectivity index (χ1v) is 5.79. The van der Waals surface area contributed by atoms with Gasteiger partial charge in [0.05, 0.1) is 14.2 Å². The van der Waals surface area contributed by atoms with E-state index in [1.807, 2.05) is 6.07 Å². The van der Waals surface area contributed by atoms with Crippen LogP contribution in [-0.4, -0.2) is 19.2 Å². The molecule has 0 radical (unpaired) electrons. The molecule has 0 aliphatic heterocycles. The van der Waals surface area contributed by atoms with Gasteiger partial charge in [0, 0.05) is 30.6 Å². The minimum atomic E-state index is -0.376. The smallest absolute Gasteiger partial charge is 0.212 e. The summed E-state index contributed by atoms with van der Waals surface area (Å²) in [7, 11) is 3.01. The third-order valence-electron chi connectivity index (χ3n) is 2.65. The van der Waals surface area contributed by atoms with Gasteiger partial charge in [-0.05, 0) is 17.7 Å². The second kappa shape index (κ2) is 6.04. The number of rotatable bonds is 5. The highest BCUT2D eigenvalue weighted by molar-refractivity contribution is 5.49. The predicted molar refractivity (Wildman–Crippen MR) is 71.1 cm³/mol. The number of nitrogens with one attached hydrogen (secondary N) is 1. The maximum absolute atomic E-state index is 13.2. The van der Waals surface area contributed by atoms with E-state index >= 15 is 0 Å². The van der Waals surface area contributed by atoms with Crippen molar-refractivity contribution >= 4 is 5.69 Å². The van der Waals surface area contributed by atoms with Gasteiger partial charge in [0.1, 0.15) is 0 Å². The zero-order valence-corrected chi connectivity index (χ0v) is 10.8. The lowest BCUT2D eigenvalue weighted by atomic mass is 10.2. The Bertz CT molecular complexity index is 544. The third kappa shape index (κ3) is 3.34. The Balaban J connectivity index is 2.01. The molecule has 1 N–H and O–H groups in total. The maximum atomic E-state index is 13.2. The Hall–Kier alpha value is -2.30. The molecule has 0 fully saturated rings. The summed E-state index contributed by atoms with van der Waals surface area (Å²) < 4.78 is 23.1. The second-order valence-corrected chi connectivity index (χ2v) is 3.91. The molecule has 0 saturated carbocycles. The summed E-state index contributed by atoms with van der Waals surface area (Å²) in [6.07, 6.45) is 1.73. The van der Waals surface area contributed by atoms with Crippen molar-refractivity contribution in [3.05, 3.63) is 47.9 Å². The summed E-state index contributed by atoms with van der Waals surface area (Å²) in [6.45, 7) is 0.589. The summed E-state index contributed by atoms with van der Waals surface area (Å²) in [6, 6.07) is 8.36. The molecule has 19 heavy (non-hydrogen) atoms. The quantitative estimate of drug-likeness (QED) is 0.899. The molecular weight excluding hydrogens is 247 g/mol. The topological polar surface area (TPSA) is 43.4 Å². The summed E-state index contributed by atoms with van der Waals surface area (Å²) in [5.74, 6) is 0.421. The molecule has 0 bridgehead atoms. The van der Waals surface area contributed by atoms with Crippen LogP contribution in [0.2, 0.25) is 0 Å². The molecule has 0 aliphatic rings. The van der Waals surface area contributed by atoms with Crippen molar-refractivity contribution in [2.24, 2.45) is 0 Å². The van der Waals surface area contributed by atoms with Crippen molar-refractivity contribution in [3.63, 3.8) is 0 Å². The van der Waals surface area contributed by atoms with Crippen LogP contribution in [0.1, 0.15) is 5.56 Å². The molecule has 2 aromatic rings. The van der Waals surface area contributed by atoms with E-state index in [1.165, 1.54) is 13.2 Å². The van der Waals surface area contributed by atoms with Gasteiger partial charge in [-0.3, -0.25) is 0 Å². The Morgan fingerprint density at radius 1 is 1.16 bits per heavy atom. The molecule has 1 aromatic heterocycles. The van der Waals surface area contributed by atoms with Crippen LogP contribution in [0.25, 0.3) is 0 Å². The Kier molecular flexibility index (Phi) is 4.18. The van der Waals surface area contributed by atoms with Crippen LogP contribution in [-0.2, 0) is 6.54 Å². The number of hydrogen-bond acceptors (Lipinski definition) is 4. The number of pyridine rings is 1. The number of methoxy groups -OCH3 is 2. The highest BCUT2D eigenvalue weighted by Crippen LogP contribution is 2.21. The van der Waals surface area contributed by atoms with E-state index in [1.54, 1.807) is 31.5 Å². The molecule has 100 valence electrons. The largest absolute Gasteiger partial charge is 0.494 e. The van der Waals surface area contributed by atoms with Gasteiger partial charge in [-0.25, -0.2) is 9.37 Å². The van der Waals surface area contributed by atoms with E-state index in [4.69, 9.17) is 9.47 Å². The van der Waals surface area contributed by atoms with Crippen LogP contribution in [0.15, 0.2) is 36.5 Å². The van der Waals surface area contributed by atoms with Gasteiger partial charge in [0.25, 0.3) is 0 Å². The summed E-state index contributed by atoms with van der Waals surface area (Å²) >= 11 is 0. The number of hydrogen-bond donors (Lipinski definition) is 1. The first kappa shape index (κ1) is 13.1. The predicted octanol–water partition coefficient (Wildman–Crippen LogP) is 2.85.